The molecule has 0 amide bonds. The van der Waals surface area contributed by atoms with E-state index in [1.165, 1.54) is 0 Å². The van der Waals surface area contributed by atoms with Gasteiger partial charge in [0.15, 0.2) is 0 Å². The number of ether oxygens (including phenoxy) is 1. The number of rotatable bonds is 4. The summed E-state index contributed by atoms with van der Waals surface area (Å²) in [4.78, 5) is 11.0. The molecule has 1 aliphatic rings. The zero-order chi connectivity index (χ0) is 11.8. The van der Waals surface area contributed by atoms with E-state index in [9.17, 15) is 4.79 Å². The Morgan fingerprint density at radius 2 is 2.25 bits per heavy atom. The number of para-hydroxylation sites is 1. The van der Waals surface area contributed by atoms with Gasteiger partial charge in [0.1, 0.15) is 5.75 Å². The van der Waals surface area contributed by atoms with Crippen LogP contribution in [0.4, 0.5) is 0 Å². The van der Waals surface area contributed by atoms with Crippen molar-refractivity contribution in [3.05, 3.63) is 29.8 Å². The molecule has 2 unspecified atom stereocenters. The summed E-state index contributed by atoms with van der Waals surface area (Å²) in [5.74, 6) is -0.167. The molecule has 0 aromatic heterocycles. The van der Waals surface area contributed by atoms with E-state index < -0.39 is 5.97 Å². The van der Waals surface area contributed by atoms with E-state index in [1.54, 1.807) is 0 Å². The monoisotopic (exact) mass is 220 g/mol. The van der Waals surface area contributed by atoms with Gasteiger partial charge in [-0.25, -0.2) is 0 Å². The van der Waals surface area contributed by atoms with Gasteiger partial charge < -0.3 is 9.84 Å². The Kier molecular flexibility index (Phi) is 2.62. The first-order chi connectivity index (χ1) is 7.59. The Bertz CT molecular complexity index is 413. The molecular formula is C13H16O3. The zero-order valence-electron chi connectivity index (χ0n) is 9.56. The third kappa shape index (κ3) is 1.66. The SMILES string of the molecule is CCOc1ccccc1C1(C)CC1C(=O)O. The first-order valence-corrected chi connectivity index (χ1v) is 5.54. The van der Waals surface area contributed by atoms with Gasteiger partial charge in [0.25, 0.3) is 0 Å². The van der Waals surface area contributed by atoms with Crippen LogP contribution < -0.4 is 4.74 Å². The number of aliphatic carboxylic acids is 1. The van der Waals surface area contributed by atoms with E-state index >= 15 is 0 Å². The van der Waals surface area contributed by atoms with Gasteiger partial charge in [-0.2, -0.15) is 0 Å². The fraction of sp³-hybridized carbons (Fsp3) is 0.462. The normalized spacial score (nSPS) is 27.5. The first kappa shape index (κ1) is 11.0. The molecule has 1 N–H and O–H groups in total. The summed E-state index contributed by atoms with van der Waals surface area (Å²) >= 11 is 0. The summed E-state index contributed by atoms with van der Waals surface area (Å²) < 4.78 is 5.54. The molecule has 3 nitrogen and oxygen atoms in total. The van der Waals surface area contributed by atoms with Crippen molar-refractivity contribution >= 4 is 5.97 Å². The van der Waals surface area contributed by atoms with Crippen LogP contribution in [0.5, 0.6) is 5.75 Å². The van der Waals surface area contributed by atoms with E-state index in [0.29, 0.717) is 13.0 Å². The van der Waals surface area contributed by atoms with Gasteiger partial charge in [0.2, 0.25) is 0 Å². The fourth-order valence-corrected chi connectivity index (χ4v) is 2.24. The number of hydrogen-bond acceptors (Lipinski definition) is 2. The van der Waals surface area contributed by atoms with Crippen molar-refractivity contribution in [2.24, 2.45) is 5.92 Å². The summed E-state index contributed by atoms with van der Waals surface area (Å²) in [5.41, 5.74) is 0.765. The van der Waals surface area contributed by atoms with E-state index in [4.69, 9.17) is 9.84 Å². The van der Waals surface area contributed by atoms with Crippen LogP contribution in [-0.4, -0.2) is 17.7 Å². The molecule has 1 fully saturated rings. The highest BCUT2D eigenvalue weighted by Gasteiger charge is 2.57. The van der Waals surface area contributed by atoms with Crippen molar-refractivity contribution in [2.75, 3.05) is 6.61 Å². The lowest BCUT2D eigenvalue weighted by molar-refractivity contribution is -0.138. The predicted octanol–water partition coefficient (Wildman–Crippen LogP) is 2.45. The second-order valence-corrected chi connectivity index (χ2v) is 4.44. The molecule has 1 saturated carbocycles. The highest BCUT2D eigenvalue weighted by molar-refractivity contribution is 5.77. The number of carboxylic acids is 1. The third-order valence-corrected chi connectivity index (χ3v) is 3.34. The van der Waals surface area contributed by atoms with E-state index in [2.05, 4.69) is 0 Å². The lowest BCUT2D eigenvalue weighted by Crippen LogP contribution is -2.12. The minimum Gasteiger partial charge on any atom is -0.494 e. The molecular weight excluding hydrogens is 204 g/mol. The summed E-state index contributed by atoms with van der Waals surface area (Å²) in [5, 5.41) is 9.03. The van der Waals surface area contributed by atoms with Crippen LogP contribution in [0.2, 0.25) is 0 Å². The van der Waals surface area contributed by atoms with Crippen LogP contribution >= 0.6 is 0 Å². The highest BCUT2D eigenvalue weighted by atomic mass is 16.5. The van der Waals surface area contributed by atoms with Crippen molar-refractivity contribution < 1.29 is 14.6 Å². The van der Waals surface area contributed by atoms with Crippen LogP contribution in [0.3, 0.4) is 0 Å². The highest BCUT2D eigenvalue weighted by Crippen LogP contribution is 2.56. The van der Waals surface area contributed by atoms with Crippen molar-refractivity contribution in [1.29, 1.82) is 0 Å². The molecule has 2 atom stereocenters. The Labute approximate surface area is 95.0 Å². The quantitative estimate of drug-likeness (QED) is 0.847. The maximum Gasteiger partial charge on any atom is 0.307 e. The molecule has 0 aliphatic heterocycles. The smallest absolute Gasteiger partial charge is 0.307 e. The Balaban J connectivity index is 2.31. The summed E-state index contributed by atoms with van der Waals surface area (Å²) in [7, 11) is 0. The minimum absolute atomic E-state index is 0.252. The largest absolute Gasteiger partial charge is 0.494 e. The van der Waals surface area contributed by atoms with Crippen molar-refractivity contribution in [3.8, 4) is 5.75 Å². The second-order valence-electron chi connectivity index (χ2n) is 4.44. The van der Waals surface area contributed by atoms with Crippen molar-refractivity contribution in [1.82, 2.24) is 0 Å². The standard InChI is InChI=1S/C13H16O3/c1-3-16-11-7-5-4-6-9(11)13(2)8-10(13)12(14)15/h4-7,10H,3,8H2,1-2H3,(H,14,15). The van der Waals surface area contributed by atoms with Crippen LogP contribution in [0, 0.1) is 5.92 Å². The third-order valence-electron chi connectivity index (χ3n) is 3.34. The van der Waals surface area contributed by atoms with Crippen LogP contribution in [0.25, 0.3) is 0 Å². The first-order valence-electron chi connectivity index (χ1n) is 5.54. The summed E-state index contributed by atoms with van der Waals surface area (Å²) in [6.45, 7) is 4.52. The second kappa shape index (κ2) is 3.81. The average Bonchev–Trinajstić information content (AvgIpc) is 2.94. The molecule has 0 bridgehead atoms. The Morgan fingerprint density at radius 1 is 1.56 bits per heavy atom. The number of carbonyl (C=O) groups is 1. The average molecular weight is 220 g/mol. The van der Waals surface area contributed by atoms with Gasteiger partial charge in [-0.3, -0.25) is 4.79 Å². The van der Waals surface area contributed by atoms with Crippen molar-refractivity contribution in [2.45, 2.75) is 25.7 Å². The van der Waals surface area contributed by atoms with Gasteiger partial charge in [0, 0.05) is 11.0 Å². The summed E-state index contributed by atoms with van der Waals surface area (Å²) in [6, 6.07) is 7.71. The summed E-state index contributed by atoms with van der Waals surface area (Å²) in [6.07, 6.45) is 0.701. The van der Waals surface area contributed by atoms with Crippen LogP contribution in [-0.2, 0) is 10.2 Å². The van der Waals surface area contributed by atoms with E-state index in [0.717, 1.165) is 11.3 Å². The number of benzene rings is 1. The molecule has 3 heteroatoms. The minimum atomic E-state index is -0.714. The van der Waals surface area contributed by atoms with Crippen LogP contribution in [0.1, 0.15) is 25.8 Å². The molecule has 1 aromatic carbocycles. The van der Waals surface area contributed by atoms with E-state index in [-0.39, 0.29) is 11.3 Å². The molecule has 2 rings (SSSR count). The van der Waals surface area contributed by atoms with Gasteiger partial charge in [-0.05, 0) is 19.4 Å². The molecule has 0 spiro atoms. The predicted molar refractivity (Wildman–Crippen MR) is 60.7 cm³/mol. The van der Waals surface area contributed by atoms with Gasteiger partial charge >= 0.3 is 5.97 Å². The molecule has 0 saturated heterocycles. The van der Waals surface area contributed by atoms with Crippen LogP contribution in [0.15, 0.2) is 24.3 Å². The van der Waals surface area contributed by atoms with Gasteiger partial charge in [-0.1, -0.05) is 25.1 Å². The van der Waals surface area contributed by atoms with Gasteiger partial charge in [-0.15, -0.1) is 0 Å². The molecule has 0 radical (unpaired) electrons. The molecule has 0 heterocycles. The zero-order valence-corrected chi connectivity index (χ0v) is 9.56. The Morgan fingerprint density at radius 3 is 2.81 bits per heavy atom. The molecule has 16 heavy (non-hydrogen) atoms. The molecule has 86 valence electrons. The lowest BCUT2D eigenvalue weighted by atomic mass is 9.94. The van der Waals surface area contributed by atoms with E-state index in [1.807, 2.05) is 38.1 Å². The van der Waals surface area contributed by atoms with Crippen molar-refractivity contribution in [3.63, 3.8) is 0 Å². The topological polar surface area (TPSA) is 46.5 Å². The fourth-order valence-electron chi connectivity index (χ4n) is 2.24. The van der Waals surface area contributed by atoms with Gasteiger partial charge in [0.05, 0.1) is 12.5 Å². The molecule has 1 aliphatic carbocycles. The number of carboxylic acid groups (broad SMARTS) is 1. The Hall–Kier alpha value is -1.51. The lowest BCUT2D eigenvalue weighted by Gasteiger charge is -2.15. The molecule has 1 aromatic rings. The maximum absolute atomic E-state index is 11.0. The maximum atomic E-state index is 11.0. The number of hydrogen-bond donors (Lipinski definition) is 1.